The van der Waals surface area contributed by atoms with Gasteiger partial charge in [0.2, 0.25) is 5.91 Å². The van der Waals surface area contributed by atoms with Crippen LogP contribution < -0.4 is 21.3 Å². The number of likely N-dealkylation sites (tertiary alicyclic amines) is 1. The fourth-order valence-corrected chi connectivity index (χ4v) is 4.05. The summed E-state index contributed by atoms with van der Waals surface area (Å²) in [5.74, 6) is -0.177. The molecule has 0 unspecified atom stereocenters. The monoisotopic (exact) mass is 429 g/mol. The predicted octanol–water partition coefficient (Wildman–Crippen LogP) is 3.91. The fraction of sp³-hybridized carbons (Fsp3) is 0.609. The Labute approximate surface area is 184 Å². The number of hydrogen-bond donors (Lipinski definition) is 4. The minimum absolute atomic E-state index is 0.0643. The zero-order valence-corrected chi connectivity index (χ0v) is 18.6. The van der Waals surface area contributed by atoms with E-state index in [9.17, 15) is 14.4 Å². The van der Waals surface area contributed by atoms with Gasteiger partial charge in [0, 0.05) is 42.5 Å². The van der Waals surface area contributed by atoms with Gasteiger partial charge < -0.3 is 26.2 Å². The maximum Gasteiger partial charge on any atom is 0.321 e. The van der Waals surface area contributed by atoms with E-state index < -0.39 is 0 Å². The SMILES string of the molecule is CC(C)C(=O)Nc1cccc(NC(=O)N2CCC(NC(=O)NC3CCCCC3)CC2)c1. The fourth-order valence-electron chi connectivity index (χ4n) is 4.05. The van der Waals surface area contributed by atoms with Gasteiger partial charge in [0.15, 0.2) is 0 Å². The van der Waals surface area contributed by atoms with Crippen molar-refractivity contribution in [1.82, 2.24) is 15.5 Å². The minimum Gasteiger partial charge on any atom is -0.335 e. The van der Waals surface area contributed by atoms with Crippen molar-refractivity contribution in [3.05, 3.63) is 24.3 Å². The summed E-state index contributed by atoms with van der Waals surface area (Å²) < 4.78 is 0. The maximum atomic E-state index is 12.6. The lowest BCUT2D eigenvalue weighted by atomic mass is 9.96. The largest absolute Gasteiger partial charge is 0.335 e. The highest BCUT2D eigenvalue weighted by Crippen LogP contribution is 2.19. The molecule has 0 bridgehead atoms. The number of benzene rings is 1. The molecule has 170 valence electrons. The third kappa shape index (κ3) is 7.15. The van der Waals surface area contributed by atoms with Crippen molar-refractivity contribution >= 4 is 29.3 Å². The molecule has 0 aromatic heterocycles. The van der Waals surface area contributed by atoms with E-state index in [1.54, 1.807) is 29.2 Å². The van der Waals surface area contributed by atoms with E-state index in [-0.39, 0.29) is 29.9 Å². The summed E-state index contributed by atoms with van der Waals surface area (Å²) in [7, 11) is 0. The highest BCUT2D eigenvalue weighted by molar-refractivity contribution is 5.94. The van der Waals surface area contributed by atoms with Crippen LogP contribution in [0.1, 0.15) is 58.8 Å². The average molecular weight is 430 g/mol. The van der Waals surface area contributed by atoms with Crippen LogP contribution in [0.4, 0.5) is 21.0 Å². The molecule has 1 saturated carbocycles. The van der Waals surface area contributed by atoms with Crippen molar-refractivity contribution in [2.24, 2.45) is 5.92 Å². The molecule has 1 aromatic carbocycles. The van der Waals surface area contributed by atoms with Gasteiger partial charge in [-0.25, -0.2) is 9.59 Å². The molecule has 1 aromatic rings. The molecular formula is C23H35N5O3. The van der Waals surface area contributed by atoms with Crippen LogP contribution in [0.2, 0.25) is 0 Å². The molecular weight excluding hydrogens is 394 g/mol. The first-order valence-electron chi connectivity index (χ1n) is 11.4. The van der Waals surface area contributed by atoms with Crippen LogP contribution in [-0.4, -0.2) is 48.0 Å². The molecule has 5 amide bonds. The van der Waals surface area contributed by atoms with Gasteiger partial charge in [0.25, 0.3) is 0 Å². The van der Waals surface area contributed by atoms with Crippen LogP contribution in [-0.2, 0) is 4.79 Å². The average Bonchev–Trinajstić information content (AvgIpc) is 2.75. The summed E-state index contributed by atoms with van der Waals surface area (Å²) in [5, 5.41) is 11.9. The summed E-state index contributed by atoms with van der Waals surface area (Å²) in [6.45, 7) is 4.84. The van der Waals surface area contributed by atoms with Gasteiger partial charge in [-0.3, -0.25) is 4.79 Å². The van der Waals surface area contributed by atoms with Crippen LogP contribution >= 0.6 is 0 Å². The number of hydrogen-bond acceptors (Lipinski definition) is 3. The number of carbonyl (C=O) groups is 3. The number of carbonyl (C=O) groups excluding carboxylic acids is 3. The Morgan fingerprint density at radius 2 is 1.45 bits per heavy atom. The van der Waals surface area contributed by atoms with Gasteiger partial charge >= 0.3 is 12.1 Å². The zero-order chi connectivity index (χ0) is 22.2. The first-order chi connectivity index (χ1) is 14.9. The van der Waals surface area contributed by atoms with E-state index in [0.717, 1.165) is 25.7 Å². The minimum atomic E-state index is -0.169. The molecule has 1 aliphatic carbocycles. The Morgan fingerprint density at radius 1 is 0.871 bits per heavy atom. The molecule has 3 rings (SSSR count). The molecule has 8 nitrogen and oxygen atoms in total. The Balaban J connectivity index is 1.42. The number of rotatable bonds is 5. The van der Waals surface area contributed by atoms with Gasteiger partial charge in [-0.1, -0.05) is 39.2 Å². The van der Waals surface area contributed by atoms with Crippen molar-refractivity contribution in [2.75, 3.05) is 23.7 Å². The van der Waals surface area contributed by atoms with Crippen LogP contribution in [0.5, 0.6) is 0 Å². The normalized spacial score (nSPS) is 17.8. The second-order valence-electron chi connectivity index (χ2n) is 8.87. The number of anilines is 2. The van der Waals surface area contributed by atoms with Crippen molar-refractivity contribution in [1.29, 1.82) is 0 Å². The standard InChI is InChI=1S/C23H35N5O3/c1-16(2)21(29)24-19-9-6-10-20(15-19)27-23(31)28-13-11-18(12-14-28)26-22(30)25-17-7-4-3-5-8-17/h6,9-10,15-18H,3-5,7-8,11-14H2,1-2H3,(H,24,29)(H,27,31)(H2,25,26,30). The van der Waals surface area contributed by atoms with Crippen molar-refractivity contribution in [2.45, 2.75) is 70.9 Å². The Hall–Kier alpha value is -2.77. The van der Waals surface area contributed by atoms with E-state index in [2.05, 4.69) is 21.3 Å². The number of urea groups is 2. The van der Waals surface area contributed by atoms with Gasteiger partial charge in [0.1, 0.15) is 0 Å². The van der Waals surface area contributed by atoms with E-state index in [1.165, 1.54) is 19.3 Å². The molecule has 0 atom stereocenters. The second kappa shape index (κ2) is 11.0. The topological polar surface area (TPSA) is 103 Å². The number of amides is 5. The molecule has 8 heteroatoms. The number of nitrogens with zero attached hydrogens (tertiary/aromatic N) is 1. The molecule has 1 saturated heterocycles. The molecule has 0 radical (unpaired) electrons. The van der Waals surface area contributed by atoms with Crippen LogP contribution in [0.3, 0.4) is 0 Å². The summed E-state index contributed by atoms with van der Waals surface area (Å²) in [5.41, 5.74) is 1.29. The van der Waals surface area contributed by atoms with Crippen LogP contribution in [0.15, 0.2) is 24.3 Å². The quantitative estimate of drug-likeness (QED) is 0.571. The van der Waals surface area contributed by atoms with E-state index >= 15 is 0 Å². The first kappa shape index (κ1) is 22.9. The third-order valence-electron chi connectivity index (χ3n) is 5.96. The Kier molecular flexibility index (Phi) is 8.14. The lowest BCUT2D eigenvalue weighted by Gasteiger charge is -2.33. The molecule has 4 N–H and O–H groups in total. The van der Waals surface area contributed by atoms with E-state index in [1.807, 2.05) is 13.8 Å². The lowest BCUT2D eigenvalue weighted by Crippen LogP contribution is -2.51. The molecule has 31 heavy (non-hydrogen) atoms. The molecule has 0 spiro atoms. The van der Waals surface area contributed by atoms with Crippen molar-refractivity contribution < 1.29 is 14.4 Å². The van der Waals surface area contributed by atoms with Gasteiger partial charge in [-0.2, -0.15) is 0 Å². The summed E-state index contributed by atoms with van der Waals surface area (Å²) in [4.78, 5) is 38.5. The molecule has 1 heterocycles. The summed E-state index contributed by atoms with van der Waals surface area (Å²) in [6.07, 6.45) is 7.23. The third-order valence-corrected chi connectivity index (χ3v) is 5.96. The summed E-state index contributed by atoms with van der Waals surface area (Å²) >= 11 is 0. The van der Waals surface area contributed by atoms with Gasteiger partial charge in [-0.15, -0.1) is 0 Å². The Morgan fingerprint density at radius 3 is 2.06 bits per heavy atom. The van der Waals surface area contributed by atoms with Crippen LogP contribution in [0.25, 0.3) is 0 Å². The molecule has 2 fully saturated rings. The highest BCUT2D eigenvalue weighted by Gasteiger charge is 2.25. The molecule has 2 aliphatic rings. The number of nitrogens with one attached hydrogen (secondary N) is 4. The molecule has 1 aliphatic heterocycles. The summed E-state index contributed by atoms with van der Waals surface area (Å²) in [6, 6.07) is 7.27. The van der Waals surface area contributed by atoms with Crippen molar-refractivity contribution in [3.63, 3.8) is 0 Å². The van der Waals surface area contributed by atoms with Crippen LogP contribution in [0, 0.1) is 5.92 Å². The first-order valence-corrected chi connectivity index (χ1v) is 11.4. The van der Waals surface area contributed by atoms with Gasteiger partial charge in [-0.05, 0) is 43.9 Å². The highest BCUT2D eigenvalue weighted by atomic mass is 16.2. The second-order valence-corrected chi connectivity index (χ2v) is 8.87. The maximum absolute atomic E-state index is 12.6. The van der Waals surface area contributed by atoms with E-state index in [0.29, 0.717) is 30.5 Å². The zero-order valence-electron chi connectivity index (χ0n) is 18.6. The smallest absolute Gasteiger partial charge is 0.321 e. The van der Waals surface area contributed by atoms with E-state index in [4.69, 9.17) is 0 Å². The lowest BCUT2D eigenvalue weighted by molar-refractivity contribution is -0.118. The Bertz CT molecular complexity index is 768. The van der Waals surface area contributed by atoms with Gasteiger partial charge in [0.05, 0.1) is 0 Å². The van der Waals surface area contributed by atoms with Crippen molar-refractivity contribution in [3.8, 4) is 0 Å². The number of piperidine rings is 1. The predicted molar refractivity (Wildman–Crippen MR) is 122 cm³/mol.